The fourth-order valence-corrected chi connectivity index (χ4v) is 3.88. The molecule has 1 aliphatic rings. The molecular weight excluding hydrogens is 380 g/mol. The Balaban J connectivity index is 1.28. The number of hydrogen-bond donors (Lipinski definition) is 2. The van der Waals surface area contributed by atoms with Crippen LogP contribution in [0.1, 0.15) is 51.8 Å². The first-order chi connectivity index (χ1) is 14.6. The van der Waals surface area contributed by atoms with Crippen LogP contribution < -0.4 is 5.32 Å². The summed E-state index contributed by atoms with van der Waals surface area (Å²) in [6.45, 7) is 3.80. The van der Waals surface area contributed by atoms with Crippen LogP contribution in [0.4, 0.5) is 0 Å². The van der Waals surface area contributed by atoms with Crippen molar-refractivity contribution in [1.82, 2.24) is 20.4 Å². The zero-order valence-corrected chi connectivity index (χ0v) is 17.1. The molecule has 1 saturated heterocycles. The van der Waals surface area contributed by atoms with Crippen molar-refractivity contribution in [3.8, 4) is 0 Å². The van der Waals surface area contributed by atoms with E-state index in [2.05, 4.69) is 21.6 Å². The second-order valence-corrected chi connectivity index (χ2v) is 7.79. The van der Waals surface area contributed by atoms with Gasteiger partial charge < -0.3 is 14.6 Å². The average molecular weight is 406 g/mol. The molecule has 2 aromatic heterocycles. The van der Waals surface area contributed by atoms with Gasteiger partial charge in [-0.2, -0.15) is 5.10 Å². The van der Waals surface area contributed by atoms with Gasteiger partial charge in [-0.1, -0.05) is 29.8 Å². The number of carbonyl (C=O) groups is 2. The number of rotatable bonds is 6. The van der Waals surface area contributed by atoms with Gasteiger partial charge in [-0.05, 0) is 43.5 Å². The van der Waals surface area contributed by atoms with E-state index in [4.69, 9.17) is 4.42 Å². The molecule has 3 aromatic rings. The first kappa shape index (κ1) is 19.9. The Bertz CT molecular complexity index is 1000. The first-order valence-corrected chi connectivity index (χ1v) is 10.3. The Morgan fingerprint density at radius 3 is 2.77 bits per heavy atom. The van der Waals surface area contributed by atoms with Crippen molar-refractivity contribution in [1.29, 1.82) is 0 Å². The molecule has 7 heteroatoms. The van der Waals surface area contributed by atoms with Gasteiger partial charge in [0, 0.05) is 24.7 Å². The van der Waals surface area contributed by atoms with Crippen molar-refractivity contribution in [2.75, 3.05) is 13.1 Å². The van der Waals surface area contributed by atoms with E-state index in [9.17, 15) is 9.59 Å². The minimum Gasteiger partial charge on any atom is -0.467 e. The normalized spacial score (nSPS) is 14.6. The van der Waals surface area contributed by atoms with Crippen LogP contribution in [-0.2, 0) is 17.8 Å². The number of likely N-dealkylation sites (tertiary alicyclic amines) is 1. The van der Waals surface area contributed by atoms with Crippen LogP contribution in [0.2, 0.25) is 0 Å². The topological polar surface area (TPSA) is 91.2 Å². The molecule has 1 aliphatic heterocycles. The Labute approximate surface area is 175 Å². The summed E-state index contributed by atoms with van der Waals surface area (Å²) in [4.78, 5) is 26.9. The highest BCUT2D eigenvalue weighted by atomic mass is 16.3. The van der Waals surface area contributed by atoms with Gasteiger partial charge in [0.15, 0.2) is 0 Å². The molecule has 2 N–H and O–H groups in total. The van der Waals surface area contributed by atoms with Crippen LogP contribution in [0.15, 0.2) is 53.1 Å². The van der Waals surface area contributed by atoms with Crippen LogP contribution in [-0.4, -0.2) is 40.0 Å². The Kier molecular flexibility index (Phi) is 5.97. The molecule has 156 valence electrons. The smallest absolute Gasteiger partial charge is 0.272 e. The quantitative estimate of drug-likeness (QED) is 0.658. The Morgan fingerprint density at radius 1 is 1.20 bits per heavy atom. The highest BCUT2D eigenvalue weighted by Crippen LogP contribution is 2.27. The van der Waals surface area contributed by atoms with Crippen molar-refractivity contribution >= 4 is 11.8 Å². The van der Waals surface area contributed by atoms with Gasteiger partial charge in [0.25, 0.3) is 5.91 Å². The third kappa shape index (κ3) is 4.79. The highest BCUT2D eigenvalue weighted by molar-refractivity contribution is 5.92. The van der Waals surface area contributed by atoms with Crippen LogP contribution in [0.3, 0.4) is 0 Å². The highest BCUT2D eigenvalue weighted by Gasteiger charge is 2.25. The van der Waals surface area contributed by atoms with E-state index in [1.807, 2.05) is 42.2 Å². The van der Waals surface area contributed by atoms with E-state index in [1.165, 1.54) is 5.56 Å². The maximum atomic E-state index is 12.6. The molecule has 0 spiro atoms. The van der Waals surface area contributed by atoms with E-state index >= 15 is 0 Å². The number of aromatic amines is 1. The molecule has 7 nitrogen and oxygen atoms in total. The van der Waals surface area contributed by atoms with Crippen LogP contribution in [0, 0.1) is 6.92 Å². The fraction of sp³-hybridized carbons (Fsp3) is 0.348. The molecule has 1 fully saturated rings. The standard InChI is InChI=1S/C23H26N4O3/c1-16-4-2-5-17(12-16)13-22(28)27-9-7-18(8-10-27)20-14-21(26-25-20)23(29)24-15-19-6-3-11-30-19/h2-6,11-12,14,18H,7-10,13,15H2,1H3,(H,24,29)(H,25,26). The summed E-state index contributed by atoms with van der Waals surface area (Å²) in [6.07, 6.45) is 3.73. The molecule has 4 rings (SSSR count). The van der Waals surface area contributed by atoms with Gasteiger partial charge in [-0.3, -0.25) is 14.7 Å². The van der Waals surface area contributed by atoms with E-state index in [0.717, 1.165) is 24.1 Å². The lowest BCUT2D eigenvalue weighted by Crippen LogP contribution is -2.38. The van der Waals surface area contributed by atoms with E-state index in [1.54, 1.807) is 12.3 Å². The average Bonchev–Trinajstić information content (AvgIpc) is 3.44. The summed E-state index contributed by atoms with van der Waals surface area (Å²) in [5.74, 6) is 0.898. The van der Waals surface area contributed by atoms with Gasteiger partial charge >= 0.3 is 0 Å². The number of carbonyl (C=O) groups excluding carboxylic acids is 2. The predicted octanol–water partition coefficient (Wildman–Crippen LogP) is 3.19. The molecule has 0 saturated carbocycles. The lowest BCUT2D eigenvalue weighted by molar-refractivity contribution is -0.131. The first-order valence-electron chi connectivity index (χ1n) is 10.3. The summed E-state index contributed by atoms with van der Waals surface area (Å²) in [7, 11) is 0. The maximum absolute atomic E-state index is 12.6. The molecular formula is C23H26N4O3. The van der Waals surface area contributed by atoms with Gasteiger partial charge in [0.05, 0.1) is 19.2 Å². The molecule has 0 radical (unpaired) electrons. The molecule has 2 amide bonds. The molecule has 0 atom stereocenters. The number of nitrogens with one attached hydrogen (secondary N) is 2. The molecule has 0 aliphatic carbocycles. The number of hydrogen-bond acceptors (Lipinski definition) is 4. The van der Waals surface area contributed by atoms with Crippen molar-refractivity contribution in [2.45, 2.75) is 38.6 Å². The number of piperidine rings is 1. The zero-order valence-electron chi connectivity index (χ0n) is 17.1. The minimum absolute atomic E-state index is 0.168. The third-order valence-corrected chi connectivity index (χ3v) is 5.56. The second kappa shape index (κ2) is 8.98. The van der Waals surface area contributed by atoms with Gasteiger partial charge in [0.1, 0.15) is 11.5 Å². The van der Waals surface area contributed by atoms with E-state index in [0.29, 0.717) is 37.5 Å². The Morgan fingerprint density at radius 2 is 2.03 bits per heavy atom. The van der Waals surface area contributed by atoms with Crippen molar-refractivity contribution in [3.63, 3.8) is 0 Å². The monoisotopic (exact) mass is 406 g/mol. The fourth-order valence-electron chi connectivity index (χ4n) is 3.88. The van der Waals surface area contributed by atoms with Crippen molar-refractivity contribution in [2.24, 2.45) is 0 Å². The molecule has 0 bridgehead atoms. The van der Waals surface area contributed by atoms with Gasteiger partial charge in [-0.25, -0.2) is 0 Å². The van der Waals surface area contributed by atoms with Gasteiger partial charge in [0.2, 0.25) is 5.91 Å². The van der Waals surface area contributed by atoms with Crippen LogP contribution in [0.25, 0.3) is 0 Å². The van der Waals surface area contributed by atoms with Gasteiger partial charge in [-0.15, -0.1) is 0 Å². The maximum Gasteiger partial charge on any atom is 0.272 e. The molecule has 0 unspecified atom stereocenters. The van der Waals surface area contributed by atoms with E-state index in [-0.39, 0.29) is 17.7 Å². The molecule has 1 aromatic carbocycles. The SMILES string of the molecule is Cc1cccc(CC(=O)N2CCC(c3cc(C(=O)NCc4ccco4)n[nH]3)CC2)c1. The number of furan rings is 1. The lowest BCUT2D eigenvalue weighted by Gasteiger charge is -2.31. The molecule has 3 heterocycles. The zero-order chi connectivity index (χ0) is 20.9. The molecule has 30 heavy (non-hydrogen) atoms. The summed E-state index contributed by atoms with van der Waals surface area (Å²) in [5.41, 5.74) is 3.54. The summed E-state index contributed by atoms with van der Waals surface area (Å²) >= 11 is 0. The summed E-state index contributed by atoms with van der Waals surface area (Å²) in [5, 5.41) is 9.96. The number of H-pyrrole nitrogens is 1. The van der Waals surface area contributed by atoms with Crippen molar-refractivity contribution in [3.05, 3.63) is 77.0 Å². The largest absolute Gasteiger partial charge is 0.467 e. The summed E-state index contributed by atoms with van der Waals surface area (Å²) in [6, 6.07) is 13.5. The number of benzene rings is 1. The van der Waals surface area contributed by atoms with Crippen LogP contribution >= 0.6 is 0 Å². The van der Waals surface area contributed by atoms with Crippen molar-refractivity contribution < 1.29 is 14.0 Å². The van der Waals surface area contributed by atoms with E-state index < -0.39 is 0 Å². The van der Waals surface area contributed by atoms with Crippen LogP contribution in [0.5, 0.6) is 0 Å². The lowest BCUT2D eigenvalue weighted by atomic mass is 9.93. The second-order valence-electron chi connectivity index (χ2n) is 7.79. The number of nitrogens with zero attached hydrogens (tertiary/aromatic N) is 2. The number of aryl methyl sites for hydroxylation is 1. The number of amides is 2. The Hall–Kier alpha value is -3.35. The minimum atomic E-state index is -0.236. The predicted molar refractivity (Wildman–Crippen MR) is 112 cm³/mol. The number of aromatic nitrogens is 2. The third-order valence-electron chi connectivity index (χ3n) is 5.56. The summed E-state index contributed by atoms with van der Waals surface area (Å²) < 4.78 is 5.22.